The monoisotopic (exact) mass is 194 g/mol. The van der Waals surface area contributed by atoms with E-state index in [-0.39, 0.29) is 11.5 Å². The van der Waals surface area contributed by atoms with Gasteiger partial charge >= 0.3 is 0 Å². The first-order valence-corrected chi connectivity index (χ1v) is 4.82. The van der Waals surface area contributed by atoms with E-state index in [4.69, 9.17) is 0 Å². The van der Waals surface area contributed by atoms with E-state index in [0.29, 0.717) is 0 Å². The first-order valence-electron chi connectivity index (χ1n) is 4.82. The number of aromatic nitrogens is 3. The van der Waals surface area contributed by atoms with Gasteiger partial charge in [-0.3, -0.25) is 0 Å². The summed E-state index contributed by atoms with van der Waals surface area (Å²) < 4.78 is 0. The standard InChI is InChI=1S/C10H18N4/c1-7(11-5)8-12-6-13-9(14-8)10(2,3)4/h6-7,11H,1-5H3. The third kappa shape index (κ3) is 2.48. The van der Waals surface area contributed by atoms with E-state index in [0.717, 1.165) is 11.6 Å². The number of rotatable bonds is 2. The van der Waals surface area contributed by atoms with Gasteiger partial charge in [0.1, 0.15) is 18.0 Å². The second kappa shape index (κ2) is 4.00. The van der Waals surface area contributed by atoms with Crippen molar-refractivity contribution in [3.05, 3.63) is 18.0 Å². The molecule has 78 valence electrons. The van der Waals surface area contributed by atoms with Crippen LogP contribution in [0.4, 0.5) is 0 Å². The molecule has 0 aliphatic heterocycles. The summed E-state index contributed by atoms with van der Waals surface area (Å²) in [5, 5.41) is 3.11. The van der Waals surface area contributed by atoms with Crippen LogP contribution in [0.25, 0.3) is 0 Å². The van der Waals surface area contributed by atoms with Gasteiger partial charge in [-0.2, -0.15) is 0 Å². The average Bonchev–Trinajstić information content (AvgIpc) is 2.15. The van der Waals surface area contributed by atoms with E-state index in [9.17, 15) is 0 Å². The largest absolute Gasteiger partial charge is 0.311 e. The first kappa shape index (κ1) is 11.0. The van der Waals surface area contributed by atoms with Gasteiger partial charge in [0.2, 0.25) is 0 Å². The number of hydrogen-bond donors (Lipinski definition) is 1. The molecular weight excluding hydrogens is 176 g/mol. The summed E-state index contributed by atoms with van der Waals surface area (Å²) in [5.41, 5.74) is -0.0227. The SMILES string of the molecule is CNC(C)c1ncnc(C(C)(C)C)n1. The molecule has 0 bridgehead atoms. The Morgan fingerprint density at radius 2 is 1.93 bits per heavy atom. The van der Waals surface area contributed by atoms with Gasteiger partial charge in [0, 0.05) is 5.41 Å². The Balaban J connectivity index is 3.01. The Kier molecular flexibility index (Phi) is 3.16. The summed E-state index contributed by atoms with van der Waals surface area (Å²) >= 11 is 0. The molecule has 0 saturated carbocycles. The van der Waals surface area contributed by atoms with E-state index in [1.165, 1.54) is 0 Å². The van der Waals surface area contributed by atoms with Crippen molar-refractivity contribution >= 4 is 0 Å². The predicted octanol–water partition coefficient (Wildman–Crippen LogP) is 1.45. The minimum atomic E-state index is -0.0227. The third-order valence-corrected chi connectivity index (χ3v) is 2.08. The Hall–Kier alpha value is -1.03. The van der Waals surface area contributed by atoms with Crippen molar-refractivity contribution in [3.8, 4) is 0 Å². The third-order valence-electron chi connectivity index (χ3n) is 2.08. The van der Waals surface area contributed by atoms with Crippen LogP contribution in [0.15, 0.2) is 6.33 Å². The molecule has 0 fully saturated rings. The van der Waals surface area contributed by atoms with Gasteiger partial charge in [-0.15, -0.1) is 0 Å². The van der Waals surface area contributed by atoms with E-state index >= 15 is 0 Å². The van der Waals surface area contributed by atoms with Gasteiger partial charge in [0.05, 0.1) is 6.04 Å². The summed E-state index contributed by atoms with van der Waals surface area (Å²) in [4.78, 5) is 12.7. The molecule has 1 N–H and O–H groups in total. The van der Waals surface area contributed by atoms with Crippen LogP contribution >= 0.6 is 0 Å². The van der Waals surface area contributed by atoms with Crippen LogP contribution in [0.2, 0.25) is 0 Å². The molecule has 0 aliphatic rings. The lowest BCUT2D eigenvalue weighted by atomic mass is 9.96. The first-order chi connectivity index (χ1) is 6.45. The van der Waals surface area contributed by atoms with Crippen molar-refractivity contribution in [2.24, 2.45) is 0 Å². The molecule has 0 spiro atoms. The van der Waals surface area contributed by atoms with Crippen molar-refractivity contribution in [2.45, 2.75) is 39.2 Å². The fourth-order valence-corrected chi connectivity index (χ4v) is 1.01. The Labute approximate surface area is 85.2 Å². The fourth-order valence-electron chi connectivity index (χ4n) is 1.01. The predicted molar refractivity (Wildman–Crippen MR) is 56.0 cm³/mol. The second-order valence-corrected chi connectivity index (χ2v) is 4.43. The molecule has 1 atom stereocenters. The van der Waals surface area contributed by atoms with E-state index in [2.05, 4.69) is 41.0 Å². The van der Waals surface area contributed by atoms with Gasteiger partial charge in [-0.05, 0) is 14.0 Å². The maximum Gasteiger partial charge on any atom is 0.148 e. The Morgan fingerprint density at radius 1 is 1.29 bits per heavy atom. The zero-order chi connectivity index (χ0) is 10.8. The Morgan fingerprint density at radius 3 is 2.43 bits per heavy atom. The molecule has 4 nitrogen and oxygen atoms in total. The van der Waals surface area contributed by atoms with Crippen molar-refractivity contribution in [3.63, 3.8) is 0 Å². The van der Waals surface area contributed by atoms with Crippen LogP contribution in [0.3, 0.4) is 0 Å². The molecular formula is C10H18N4. The smallest absolute Gasteiger partial charge is 0.148 e. The summed E-state index contributed by atoms with van der Waals surface area (Å²) in [7, 11) is 1.89. The second-order valence-electron chi connectivity index (χ2n) is 4.43. The van der Waals surface area contributed by atoms with Gasteiger partial charge in [0.25, 0.3) is 0 Å². The number of nitrogens with one attached hydrogen (secondary N) is 1. The van der Waals surface area contributed by atoms with Gasteiger partial charge < -0.3 is 5.32 Å². The molecule has 1 heterocycles. The van der Waals surface area contributed by atoms with Crippen molar-refractivity contribution in [2.75, 3.05) is 7.05 Å². The lowest BCUT2D eigenvalue weighted by Crippen LogP contribution is -2.21. The molecule has 0 aromatic carbocycles. The fraction of sp³-hybridized carbons (Fsp3) is 0.700. The topological polar surface area (TPSA) is 50.7 Å². The summed E-state index contributed by atoms with van der Waals surface area (Å²) in [6.07, 6.45) is 1.58. The molecule has 1 unspecified atom stereocenters. The molecule has 1 aromatic rings. The molecule has 4 heteroatoms. The molecule has 14 heavy (non-hydrogen) atoms. The zero-order valence-electron chi connectivity index (χ0n) is 9.50. The van der Waals surface area contributed by atoms with Gasteiger partial charge in [-0.25, -0.2) is 15.0 Å². The molecule has 0 aliphatic carbocycles. The average molecular weight is 194 g/mol. The number of nitrogens with zero attached hydrogens (tertiary/aromatic N) is 3. The highest BCUT2D eigenvalue weighted by Gasteiger charge is 2.18. The van der Waals surface area contributed by atoms with Crippen LogP contribution in [-0.2, 0) is 5.41 Å². The van der Waals surface area contributed by atoms with Gasteiger partial charge in [-0.1, -0.05) is 20.8 Å². The molecule has 1 rings (SSSR count). The van der Waals surface area contributed by atoms with Crippen molar-refractivity contribution < 1.29 is 0 Å². The summed E-state index contributed by atoms with van der Waals surface area (Å²) in [6, 6.07) is 0.166. The quantitative estimate of drug-likeness (QED) is 0.774. The van der Waals surface area contributed by atoms with Crippen LogP contribution < -0.4 is 5.32 Å². The van der Waals surface area contributed by atoms with E-state index in [1.54, 1.807) is 6.33 Å². The van der Waals surface area contributed by atoms with Crippen molar-refractivity contribution in [1.82, 2.24) is 20.3 Å². The number of hydrogen-bond acceptors (Lipinski definition) is 4. The molecule has 1 aromatic heterocycles. The minimum absolute atomic E-state index is 0.0227. The lowest BCUT2D eigenvalue weighted by Gasteiger charge is -2.17. The highest BCUT2D eigenvalue weighted by atomic mass is 15.1. The maximum absolute atomic E-state index is 4.43. The van der Waals surface area contributed by atoms with Gasteiger partial charge in [0.15, 0.2) is 0 Å². The zero-order valence-corrected chi connectivity index (χ0v) is 9.50. The van der Waals surface area contributed by atoms with Crippen LogP contribution in [0.1, 0.15) is 45.4 Å². The van der Waals surface area contributed by atoms with Crippen molar-refractivity contribution in [1.29, 1.82) is 0 Å². The highest BCUT2D eigenvalue weighted by Crippen LogP contribution is 2.18. The van der Waals surface area contributed by atoms with E-state index in [1.807, 2.05) is 14.0 Å². The molecule has 0 amide bonds. The highest BCUT2D eigenvalue weighted by molar-refractivity contribution is 5.03. The normalized spacial score (nSPS) is 14.1. The van der Waals surface area contributed by atoms with Crippen LogP contribution in [0.5, 0.6) is 0 Å². The Bertz CT molecular complexity index is 303. The lowest BCUT2D eigenvalue weighted by molar-refractivity contribution is 0.519. The van der Waals surface area contributed by atoms with Crippen LogP contribution in [0, 0.1) is 0 Å². The van der Waals surface area contributed by atoms with Crippen LogP contribution in [-0.4, -0.2) is 22.0 Å². The minimum Gasteiger partial charge on any atom is -0.311 e. The summed E-state index contributed by atoms with van der Waals surface area (Å²) in [5.74, 6) is 1.64. The summed E-state index contributed by atoms with van der Waals surface area (Å²) in [6.45, 7) is 8.31. The molecule has 0 saturated heterocycles. The molecule has 0 radical (unpaired) electrons. The maximum atomic E-state index is 4.43. The van der Waals surface area contributed by atoms with E-state index < -0.39 is 0 Å².